The van der Waals surface area contributed by atoms with Crippen molar-refractivity contribution in [3.63, 3.8) is 0 Å². The topological polar surface area (TPSA) is 40.6 Å². The van der Waals surface area contributed by atoms with E-state index in [0.717, 1.165) is 0 Å². The van der Waals surface area contributed by atoms with Crippen LogP contribution in [0.15, 0.2) is 22.7 Å². The Hall–Kier alpha value is -1.43. The lowest BCUT2D eigenvalue weighted by Crippen LogP contribution is -2.38. The van der Waals surface area contributed by atoms with Gasteiger partial charge in [0.05, 0.1) is 5.56 Å². The van der Waals surface area contributed by atoms with Gasteiger partial charge in [0.1, 0.15) is 12.4 Å². The Kier molecular flexibility index (Phi) is 4.19. The fourth-order valence-electron chi connectivity index (χ4n) is 1.99. The first-order chi connectivity index (χ1) is 8.99. The molecule has 0 aliphatic carbocycles. The lowest BCUT2D eigenvalue weighted by atomic mass is 10.2. The fraction of sp³-hybridized carbons (Fsp3) is 0.385. The minimum absolute atomic E-state index is 0.00128. The zero-order valence-electron chi connectivity index (χ0n) is 10.5. The van der Waals surface area contributed by atoms with E-state index in [2.05, 4.69) is 15.9 Å². The minimum Gasteiger partial charge on any atom is -0.344 e. The van der Waals surface area contributed by atoms with Crippen molar-refractivity contribution in [2.75, 3.05) is 26.7 Å². The Balaban J connectivity index is 2.23. The fourth-order valence-corrected chi connectivity index (χ4v) is 2.35. The Morgan fingerprint density at radius 1 is 1.37 bits per heavy atom. The van der Waals surface area contributed by atoms with Crippen molar-refractivity contribution in [2.45, 2.75) is 6.42 Å². The third kappa shape index (κ3) is 3.12. The van der Waals surface area contributed by atoms with E-state index in [-0.39, 0.29) is 18.0 Å². The van der Waals surface area contributed by atoms with Gasteiger partial charge in [-0.25, -0.2) is 4.39 Å². The molecule has 1 aliphatic heterocycles. The van der Waals surface area contributed by atoms with E-state index in [1.807, 2.05) is 0 Å². The van der Waals surface area contributed by atoms with E-state index >= 15 is 0 Å². The molecule has 19 heavy (non-hydrogen) atoms. The highest BCUT2D eigenvalue weighted by Gasteiger charge is 2.25. The van der Waals surface area contributed by atoms with Gasteiger partial charge >= 0.3 is 0 Å². The molecule has 4 nitrogen and oxygen atoms in total. The summed E-state index contributed by atoms with van der Waals surface area (Å²) in [5.41, 5.74) is -0.00766. The van der Waals surface area contributed by atoms with E-state index in [1.54, 1.807) is 11.9 Å². The van der Waals surface area contributed by atoms with Gasteiger partial charge in [-0.3, -0.25) is 9.59 Å². The van der Waals surface area contributed by atoms with Gasteiger partial charge in [-0.2, -0.15) is 0 Å². The van der Waals surface area contributed by atoms with Crippen LogP contribution in [0.4, 0.5) is 4.39 Å². The summed E-state index contributed by atoms with van der Waals surface area (Å²) in [6.07, 6.45) is 0.698. The summed E-state index contributed by atoms with van der Waals surface area (Å²) in [6, 6.07) is 4.22. The summed E-state index contributed by atoms with van der Waals surface area (Å²) in [4.78, 5) is 27.0. The largest absolute Gasteiger partial charge is 0.344 e. The predicted molar refractivity (Wildman–Crippen MR) is 72.3 cm³/mol. The maximum atomic E-state index is 13.7. The van der Waals surface area contributed by atoms with E-state index < -0.39 is 11.7 Å². The SMILES string of the molecule is CN1CCCN(C(=O)c2cc(Br)ccc2F)CC1=O. The van der Waals surface area contributed by atoms with E-state index in [0.29, 0.717) is 24.0 Å². The highest BCUT2D eigenvalue weighted by molar-refractivity contribution is 9.10. The summed E-state index contributed by atoms with van der Waals surface area (Å²) in [7, 11) is 1.70. The molecule has 0 saturated carbocycles. The second-order valence-corrected chi connectivity index (χ2v) is 5.44. The quantitative estimate of drug-likeness (QED) is 0.790. The number of halogens is 2. The van der Waals surface area contributed by atoms with Gasteiger partial charge in [0, 0.05) is 24.6 Å². The molecule has 0 aromatic heterocycles. The Morgan fingerprint density at radius 2 is 2.11 bits per heavy atom. The second kappa shape index (κ2) is 5.69. The zero-order valence-corrected chi connectivity index (χ0v) is 12.1. The highest BCUT2D eigenvalue weighted by Crippen LogP contribution is 2.18. The predicted octanol–water partition coefficient (Wildman–Crippen LogP) is 1.89. The lowest BCUT2D eigenvalue weighted by molar-refractivity contribution is -0.129. The van der Waals surface area contributed by atoms with Crippen molar-refractivity contribution in [3.8, 4) is 0 Å². The molecule has 2 rings (SSSR count). The number of hydrogen-bond donors (Lipinski definition) is 0. The molecule has 1 aliphatic rings. The molecule has 1 fully saturated rings. The molecule has 0 radical (unpaired) electrons. The van der Waals surface area contributed by atoms with Crippen molar-refractivity contribution in [3.05, 3.63) is 34.1 Å². The molecule has 1 aromatic rings. The van der Waals surface area contributed by atoms with Gasteiger partial charge in [-0.1, -0.05) is 15.9 Å². The molecule has 0 N–H and O–H groups in total. The number of carbonyl (C=O) groups is 2. The maximum absolute atomic E-state index is 13.7. The number of benzene rings is 1. The molecule has 0 unspecified atom stereocenters. The van der Waals surface area contributed by atoms with Gasteiger partial charge in [0.15, 0.2) is 0 Å². The molecule has 0 atom stereocenters. The molecule has 1 heterocycles. The van der Waals surface area contributed by atoms with E-state index in [1.165, 1.54) is 23.1 Å². The summed E-state index contributed by atoms with van der Waals surface area (Å²) >= 11 is 3.21. The first-order valence-electron chi connectivity index (χ1n) is 5.97. The van der Waals surface area contributed by atoms with Crippen LogP contribution in [-0.4, -0.2) is 48.3 Å². The van der Waals surface area contributed by atoms with Crippen LogP contribution in [0.1, 0.15) is 16.8 Å². The number of hydrogen-bond acceptors (Lipinski definition) is 2. The standard InChI is InChI=1S/C13H14BrFN2O2/c1-16-5-2-6-17(8-12(16)18)13(19)10-7-9(14)3-4-11(10)15/h3-4,7H,2,5-6,8H2,1H3. The van der Waals surface area contributed by atoms with Crippen LogP contribution in [0.3, 0.4) is 0 Å². The average Bonchev–Trinajstić information content (AvgIpc) is 2.54. The number of nitrogens with zero attached hydrogens (tertiary/aromatic N) is 2. The zero-order chi connectivity index (χ0) is 14.0. The van der Waals surface area contributed by atoms with Crippen LogP contribution < -0.4 is 0 Å². The van der Waals surface area contributed by atoms with E-state index in [9.17, 15) is 14.0 Å². The molecule has 1 aromatic carbocycles. The summed E-state index contributed by atoms with van der Waals surface area (Å²) in [6.45, 7) is 1.08. The molecule has 0 spiro atoms. The Bertz CT molecular complexity index is 521. The van der Waals surface area contributed by atoms with Crippen LogP contribution in [0, 0.1) is 5.82 Å². The Morgan fingerprint density at radius 3 is 2.84 bits per heavy atom. The summed E-state index contributed by atoms with van der Waals surface area (Å²) in [5, 5.41) is 0. The van der Waals surface area contributed by atoms with E-state index in [4.69, 9.17) is 0 Å². The number of likely N-dealkylation sites (N-methyl/N-ethyl adjacent to an activating group) is 1. The van der Waals surface area contributed by atoms with Gasteiger partial charge in [0.2, 0.25) is 5.91 Å². The van der Waals surface area contributed by atoms with Crippen molar-refractivity contribution >= 4 is 27.7 Å². The minimum atomic E-state index is -0.571. The number of rotatable bonds is 1. The molecule has 2 amide bonds. The van der Waals surface area contributed by atoms with Crippen molar-refractivity contribution in [1.82, 2.24) is 9.80 Å². The van der Waals surface area contributed by atoms with Crippen LogP contribution in [0.25, 0.3) is 0 Å². The van der Waals surface area contributed by atoms with Gasteiger partial charge in [-0.15, -0.1) is 0 Å². The smallest absolute Gasteiger partial charge is 0.257 e. The highest BCUT2D eigenvalue weighted by atomic mass is 79.9. The van der Waals surface area contributed by atoms with Crippen molar-refractivity contribution in [2.24, 2.45) is 0 Å². The van der Waals surface area contributed by atoms with Crippen LogP contribution in [-0.2, 0) is 4.79 Å². The molecular formula is C13H14BrFN2O2. The molecule has 102 valence electrons. The van der Waals surface area contributed by atoms with Gasteiger partial charge in [-0.05, 0) is 24.6 Å². The van der Waals surface area contributed by atoms with Gasteiger partial charge < -0.3 is 9.80 Å². The second-order valence-electron chi connectivity index (χ2n) is 4.52. The average molecular weight is 329 g/mol. The first-order valence-corrected chi connectivity index (χ1v) is 6.76. The maximum Gasteiger partial charge on any atom is 0.257 e. The molecule has 1 saturated heterocycles. The van der Waals surface area contributed by atoms with Crippen LogP contribution in [0.5, 0.6) is 0 Å². The number of carbonyl (C=O) groups excluding carboxylic acids is 2. The van der Waals surface area contributed by atoms with Crippen LogP contribution >= 0.6 is 15.9 Å². The summed E-state index contributed by atoms with van der Waals surface area (Å²) < 4.78 is 14.3. The van der Waals surface area contributed by atoms with Crippen LogP contribution in [0.2, 0.25) is 0 Å². The monoisotopic (exact) mass is 328 g/mol. The Labute approximate surface area is 119 Å². The normalized spacial score (nSPS) is 16.5. The molecular weight excluding hydrogens is 315 g/mol. The van der Waals surface area contributed by atoms with Crippen molar-refractivity contribution in [1.29, 1.82) is 0 Å². The lowest BCUT2D eigenvalue weighted by Gasteiger charge is -2.20. The summed E-state index contributed by atoms with van der Waals surface area (Å²) in [5.74, 6) is -1.14. The third-order valence-electron chi connectivity index (χ3n) is 3.12. The van der Waals surface area contributed by atoms with Crippen molar-refractivity contribution < 1.29 is 14.0 Å². The number of amides is 2. The molecule has 0 bridgehead atoms. The third-order valence-corrected chi connectivity index (χ3v) is 3.61. The molecule has 6 heteroatoms. The first kappa shape index (κ1) is 14.0. The van der Waals surface area contributed by atoms with Gasteiger partial charge in [0.25, 0.3) is 5.91 Å².